The normalized spacial score (nSPS) is 11.7. The number of nitro groups is 1. The van der Waals surface area contributed by atoms with E-state index in [9.17, 15) is 36.9 Å². The molecular weight excluding hydrogens is 295 g/mol. The molecule has 0 amide bonds. The minimum absolute atomic E-state index is 0.336. The van der Waals surface area contributed by atoms with Gasteiger partial charge in [-0.25, -0.2) is 8.78 Å². The van der Waals surface area contributed by atoms with Crippen LogP contribution in [-0.2, 0) is 17.4 Å². The number of halogens is 5. The third kappa shape index (κ3) is 3.16. The van der Waals surface area contributed by atoms with Crippen LogP contribution in [0.25, 0.3) is 0 Å². The zero-order chi connectivity index (χ0) is 15.7. The summed E-state index contributed by atoms with van der Waals surface area (Å²) in [6.45, 7) is 0. The van der Waals surface area contributed by atoms with Crippen molar-refractivity contribution in [1.29, 1.82) is 0 Å². The highest BCUT2D eigenvalue weighted by atomic mass is 19.4. The third-order valence-electron chi connectivity index (χ3n) is 2.17. The molecular formula is C9H5F5N2O4. The summed E-state index contributed by atoms with van der Waals surface area (Å²) >= 11 is 0. The van der Waals surface area contributed by atoms with Crippen molar-refractivity contribution in [1.82, 2.24) is 4.98 Å². The van der Waals surface area contributed by atoms with Crippen LogP contribution in [0.5, 0.6) is 0 Å². The molecule has 0 aliphatic carbocycles. The van der Waals surface area contributed by atoms with E-state index in [0.717, 1.165) is 0 Å². The smallest absolute Gasteiger partial charge is 0.425 e. The Morgan fingerprint density at radius 3 is 2.35 bits per heavy atom. The highest BCUT2D eigenvalue weighted by molar-refractivity contribution is 5.72. The van der Waals surface area contributed by atoms with Crippen molar-refractivity contribution in [2.75, 3.05) is 0 Å². The van der Waals surface area contributed by atoms with Crippen LogP contribution in [-0.4, -0.2) is 21.0 Å². The number of hydrogen-bond donors (Lipinski definition) is 1. The van der Waals surface area contributed by atoms with E-state index in [0.29, 0.717) is 6.20 Å². The number of rotatable bonds is 4. The van der Waals surface area contributed by atoms with Crippen LogP contribution in [0.3, 0.4) is 0 Å². The first-order valence-corrected chi connectivity index (χ1v) is 4.79. The Kier molecular flexibility index (Phi) is 4.20. The summed E-state index contributed by atoms with van der Waals surface area (Å²) in [6, 6.07) is 0. The molecule has 0 saturated carbocycles. The molecule has 110 valence electrons. The van der Waals surface area contributed by atoms with Crippen molar-refractivity contribution in [2.24, 2.45) is 0 Å². The summed E-state index contributed by atoms with van der Waals surface area (Å²) in [5.74, 6) is -1.66. The van der Waals surface area contributed by atoms with Crippen LogP contribution in [0.1, 0.15) is 23.2 Å². The minimum atomic E-state index is -5.46. The molecule has 6 nitrogen and oxygen atoms in total. The average Bonchev–Trinajstić information content (AvgIpc) is 2.25. The number of alkyl halides is 5. The van der Waals surface area contributed by atoms with Gasteiger partial charge in [-0.2, -0.15) is 13.2 Å². The van der Waals surface area contributed by atoms with Crippen molar-refractivity contribution in [3.05, 3.63) is 33.1 Å². The Labute approximate surface area is 107 Å². The molecule has 0 aliphatic heterocycles. The predicted molar refractivity (Wildman–Crippen MR) is 52.2 cm³/mol. The Bertz CT molecular complexity index is 558. The van der Waals surface area contributed by atoms with E-state index >= 15 is 0 Å². The largest absolute Gasteiger partial charge is 0.481 e. The number of pyridine rings is 1. The molecule has 0 aromatic carbocycles. The maximum absolute atomic E-state index is 12.7. The number of nitrogens with zero attached hydrogens (tertiary/aromatic N) is 2. The van der Waals surface area contributed by atoms with E-state index < -0.39 is 52.4 Å². The van der Waals surface area contributed by atoms with E-state index in [-0.39, 0.29) is 0 Å². The van der Waals surface area contributed by atoms with Gasteiger partial charge < -0.3 is 5.11 Å². The van der Waals surface area contributed by atoms with Gasteiger partial charge in [0, 0.05) is 6.20 Å². The van der Waals surface area contributed by atoms with Gasteiger partial charge in [-0.15, -0.1) is 0 Å². The van der Waals surface area contributed by atoms with E-state index in [4.69, 9.17) is 5.11 Å². The van der Waals surface area contributed by atoms with Crippen molar-refractivity contribution in [2.45, 2.75) is 19.0 Å². The average molecular weight is 300 g/mol. The van der Waals surface area contributed by atoms with Gasteiger partial charge in [0.05, 0.1) is 16.9 Å². The molecule has 0 saturated heterocycles. The number of hydrogen-bond acceptors (Lipinski definition) is 4. The van der Waals surface area contributed by atoms with Crippen LogP contribution in [0.2, 0.25) is 0 Å². The lowest BCUT2D eigenvalue weighted by molar-refractivity contribution is -0.389. The van der Waals surface area contributed by atoms with Crippen LogP contribution in [0, 0.1) is 10.1 Å². The molecule has 1 N–H and O–H groups in total. The molecule has 1 rings (SSSR count). The number of carboxylic acids is 1. The molecule has 0 unspecified atom stereocenters. The summed E-state index contributed by atoms with van der Waals surface area (Å²) in [7, 11) is 0. The predicted octanol–water partition coefficient (Wildman–Crippen LogP) is 2.57. The molecule has 0 radical (unpaired) electrons. The summed E-state index contributed by atoms with van der Waals surface area (Å²) in [4.78, 5) is 22.4. The van der Waals surface area contributed by atoms with Gasteiger partial charge in [-0.3, -0.25) is 19.9 Å². The van der Waals surface area contributed by atoms with E-state index in [1.165, 1.54) is 0 Å². The first-order chi connectivity index (χ1) is 9.05. The summed E-state index contributed by atoms with van der Waals surface area (Å²) in [5, 5.41) is 19.2. The SMILES string of the molecule is O=C(O)Cc1cnc(C(F)F)c(C(F)(F)F)c1[N+](=O)[O-]. The Balaban J connectivity index is 3.70. The van der Waals surface area contributed by atoms with Gasteiger partial charge in [-0.1, -0.05) is 0 Å². The standard InChI is InChI=1S/C9H5F5N2O4/c10-8(11)6-5(9(12,13)14)7(16(19)20)3(2-15-6)1-4(17)18/h2,8H,1H2,(H,17,18). The van der Waals surface area contributed by atoms with Gasteiger partial charge >= 0.3 is 12.1 Å². The zero-order valence-electron chi connectivity index (χ0n) is 9.32. The van der Waals surface area contributed by atoms with Crippen molar-refractivity contribution >= 4 is 11.7 Å². The molecule has 0 aliphatic rings. The van der Waals surface area contributed by atoms with Crippen LogP contribution in [0.15, 0.2) is 6.20 Å². The number of aromatic nitrogens is 1. The van der Waals surface area contributed by atoms with Crippen molar-refractivity contribution in [3.8, 4) is 0 Å². The topological polar surface area (TPSA) is 93.3 Å². The van der Waals surface area contributed by atoms with Crippen molar-refractivity contribution in [3.63, 3.8) is 0 Å². The quantitative estimate of drug-likeness (QED) is 0.524. The summed E-state index contributed by atoms with van der Waals surface area (Å²) in [6.07, 6.45) is -9.96. The van der Waals surface area contributed by atoms with Crippen LogP contribution in [0.4, 0.5) is 27.6 Å². The minimum Gasteiger partial charge on any atom is -0.481 e. The van der Waals surface area contributed by atoms with Crippen molar-refractivity contribution < 1.29 is 36.8 Å². The number of carbonyl (C=O) groups is 1. The number of aliphatic carboxylic acids is 1. The fourth-order valence-corrected chi connectivity index (χ4v) is 1.50. The van der Waals surface area contributed by atoms with Gasteiger partial charge in [0.1, 0.15) is 5.69 Å². The number of carboxylic acid groups (broad SMARTS) is 1. The van der Waals surface area contributed by atoms with Crippen LogP contribution < -0.4 is 0 Å². The molecule has 0 atom stereocenters. The highest BCUT2D eigenvalue weighted by Gasteiger charge is 2.45. The molecule has 11 heteroatoms. The Hall–Kier alpha value is -2.33. The van der Waals surface area contributed by atoms with E-state index in [1.54, 1.807) is 0 Å². The molecule has 1 aromatic heterocycles. The molecule has 0 spiro atoms. The van der Waals surface area contributed by atoms with Gasteiger partial charge in [-0.05, 0) is 0 Å². The first-order valence-electron chi connectivity index (χ1n) is 4.79. The second-order valence-electron chi connectivity index (χ2n) is 3.52. The lowest BCUT2D eigenvalue weighted by atomic mass is 10.0. The Morgan fingerprint density at radius 1 is 1.45 bits per heavy atom. The zero-order valence-corrected chi connectivity index (χ0v) is 9.32. The van der Waals surface area contributed by atoms with E-state index in [1.807, 2.05) is 0 Å². The van der Waals surface area contributed by atoms with Gasteiger partial charge in [0.15, 0.2) is 5.56 Å². The Morgan fingerprint density at radius 2 is 2.00 bits per heavy atom. The molecule has 0 bridgehead atoms. The molecule has 20 heavy (non-hydrogen) atoms. The lowest BCUT2D eigenvalue weighted by Crippen LogP contribution is -2.17. The maximum Gasteiger partial charge on any atom is 0.425 e. The maximum atomic E-state index is 12.7. The second kappa shape index (κ2) is 5.35. The fraction of sp³-hybridized carbons (Fsp3) is 0.333. The first kappa shape index (κ1) is 15.7. The molecule has 1 aromatic rings. The fourth-order valence-electron chi connectivity index (χ4n) is 1.50. The second-order valence-corrected chi connectivity index (χ2v) is 3.52. The molecule has 1 heterocycles. The molecule has 0 fully saturated rings. The lowest BCUT2D eigenvalue weighted by Gasteiger charge is -2.13. The monoisotopic (exact) mass is 300 g/mol. The van der Waals surface area contributed by atoms with E-state index in [2.05, 4.69) is 4.98 Å². The third-order valence-corrected chi connectivity index (χ3v) is 2.17. The summed E-state index contributed by atoms with van der Waals surface area (Å²) in [5.41, 5.74) is -6.65. The highest BCUT2D eigenvalue weighted by Crippen LogP contribution is 2.42. The summed E-state index contributed by atoms with van der Waals surface area (Å²) < 4.78 is 63.2. The van der Waals surface area contributed by atoms with Gasteiger partial charge in [0.2, 0.25) is 0 Å². The van der Waals surface area contributed by atoms with Crippen LogP contribution >= 0.6 is 0 Å². The van der Waals surface area contributed by atoms with Gasteiger partial charge in [0.25, 0.3) is 12.1 Å².